The third kappa shape index (κ3) is 5.86. The molecule has 94 valence electrons. The maximum atomic E-state index is 11.8. The second-order valence-corrected chi connectivity index (χ2v) is 6.02. The predicted octanol–water partition coefficient (Wildman–Crippen LogP) is 4.09. The lowest BCUT2D eigenvalue weighted by Crippen LogP contribution is -2.24. The molecule has 1 N–H and O–H groups in total. The first-order valence-corrected chi connectivity index (χ1v) is 8.06. The molecule has 0 unspecified atom stereocenters. The van der Waals surface area contributed by atoms with Crippen LogP contribution in [0.3, 0.4) is 0 Å². The summed E-state index contributed by atoms with van der Waals surface area (Å²) >= 11 is 5.78. The number of carbonyl (C=O) groups excluding carboxylic acids is 1. The Hall–Kier alpha value is -0.100. The number of aryl methyl sites for hydroxylation is 1. The molecular formula is C13H17BrINO. The van der Waals surface area contributed by atoms with E-state index in [1.165, 1.54) is 17.3 Å². The summed E-state index contributed by atoms with van der Waals surface area (Å²) in [7, 11) is 0. The zero-order chi connectivity index (χ0) is 12.7. The minimum absolute atomic E-state index is 0.0175. The molecule has 0 bridgehead atoms. The molecule has 1 aromatic rings. The highest BCUT2D eigenvalue weighted by atomic mass is 127. The van der Waals surface area contributed by atoms with Crippen molar-refractivity contribution in [2.75, 3.05) is 11.0 Å². The molecule has 1 amide bonds. The van der Waals surface area contributed by atoms with Crippen LogP contribution in [0.5, 0.6) is 0 Å². The van der Waals surface area contributed by atoms with E-state index in [4.69, 9.17) is 0 Å². The standard InChI is InChI=1S/C13H17BrINO/c1-10-7-11(9-12(14)8-10)13(17)16-6-4-2-3-5-15/h7-9H,2-6H2,1H3,(H,16,17). The maximum Gasteiger partial charge on any atom is 0.251 e. The first kappa shape index (κ1) is 15.0. The second kappa shape index (κ2) is 8.08. The maximum absolute atomic E-state index is 11.8. The lowest BCUT2D eigenvalue weighted by Gasteiger charge is -2.06. The highest BCUT2D eigenvalue weighted by Gasteiger charge is 2.05. The van der Waals surface area contributed by atoms with E-state index in [1.807, 2.05) is 25.1 Å². The van der Waals surface area contributed by atoms with Crippen molar-refractivity contribution in [1.82, 2.24) is 5.32 Å². The number of nitrogens with one attached hydrogen (secondary N) is 1. The average molecular weight is 410 g/mol. The van der Waals surface area contributed by atoms with Crippen LogP contribution in [0.25, 0.3) is 0 Å². The Bertz CT molecular complexity index is 361. The molecule has 0 radical (unpaired) electrons. The third-order valence-corrected chi connectivity index (χ3v) is 3.62. The molecule has 0 aromatic heterocycles. The molecule has 0 spiro atoms. The van der Waals surface area contributed by atoms with Gasteiger partial charge in [-0.25, -0.2) is 0 Å². The predicted molar refractivity (Wildman–Crippen MR) is 84.0 cm³/mol. The number of unbranched alkanes of at least 4 members (excludes halogenated alkanes) is 2. The van der Waals surface area contributed by atoms with Gasteiger partial charge in [0.15, 0.2) is 0 Å². The number of carbonyl (C=O) groups is 1. The summed E-state index contributed by atoms with van der Waals surface area (Å²) in [6, 6.07) is 5.76. The van der Waals surface area contributed by atoms with Crippen LogP contribution in [-0.2, 0) is 0 Å². The van der Waals surface area contributed by atoms with Gasteiger partial charge in [-0.2, -0.15) is 0 Å². The molecule has 0 fully saturated rings. The van der Waals surface area contributed by atoms with Gasteiger partial charge in [-0.3, -0.25) is 4.79 Å². The number of alkyl halides is 1. The van der Waals surface area contributed by atoms with E-state index in [9.17, 15) is 4.79 Å². The van der Waals surface area contributed by atoms with Crippen LogP contribution in [-0.4, -0.2) is 16.9 Å². The SMILES string of the molecule is Cc1cc(Br)cc(C(=O)NCCCCCI)c1. The topological polar surface area (TPSA) is 29.1 Å². The quantitative estimate of drug-likeness (QED) is 0.428. The van der Waals surface area contributed by atoms with E-state index in [-0.39, 0.29) is 5.91 Å². The van der Waals surface area contributed by atoms with Gasteiger partial charge in [0.1, 0.15) is 0 Å². The summed E-state index contributed by atoms with van der Waals surface area (Å²) in [6.07, 6.45) is 3.47. The molecule has 1 aromatic carbocycles. The minimum atomic E-state index is 0.0175. The molecule has 0 aliphatic carbocycles. The third-order valence-electron chi connectivity index (χ3n) is 2.40. The number of hydrogen-bond acceptors (Lipinski definition) is 1. The summed E-state index contributed by atoms with van der Waals surface area (Å²) in [4.78, 5) is 11.8. The van der Waals surface area contributed by atoms with E-state index in [1.54, 1.807) is 0 Å². The van der Waals surface area contributed by atoms with Crippen molar-refractivity contribution in [3.05, 3.63) is 33.8 Å². The van der Waals surface area contributed by atoms with Gasteiger partial charge in [0.05, 0.1) is 0 Å². The fourth-order valence-electron chi connectivity index (χ4n) is 1.57. The summed E-state index contributed by atoms with van der Waals surface area (Å²) in [5.41, 5.74) is 1.82. The molecule has 1 rings (SSSR count). The van der Waals surface area contributed by atoms with Crippen molar-refractivity contribution in [2.45, 2.75) is 26.2 Å². The highest BCUT2D eigenvalue weighted by molar-refractivity contribution is 14.1. The van der Waals surface area contributed by atoms with Gasteiger partial charge in [0, 0.05) is 16.6 Å². The lowest BCUT2D eigenvalue weighted by atomic mass is 10.1. The van der Waals surface area contributed by atoms with Gasteiger partial charge in [-0.15, -0.1) is 0 Å². The highest BCUT2D eigenvalue weighted by Crippen LogP contribution is 2.15. The zero-order valence-electron chi connectivity index (χ0n) is 9.93. The number of halogens is 2. The van der Waals surface area contributed by atoms with Crippen LogP contribution < -0.4 is 5.32 Å². The van der Waals surface area contributed by atoms with Crippen LogP contribution in [0, 0.1) is 6.92 Å². The Kier molecular flexibility index (Phi) is 7.11. The van der Waals surface area contributed by atoms with Gasteiger partial charge in [-0.05, 0) is 48.0 Å². The first-order valence-electron chi connectivity index (χ1n) is 5.75. The number of amides is 1. The Morgan fingerprint density at radius 3 is 2.71 bits per heavy atom. The van der Waals surface area contributed by atoms with Crippen molar-refractivity contribution in [3.63, 3.8) is 0 Å². The van der Waals surface area contributed by atoms with Gasteiger partial charge in [0.2, 0.25) is 0 Å². The normalized spacial score (nSPS) is 10.3. The fourth-order valence-corrected chi connectivity index (χ4v) is 2.71. The molecular weight excluding hydrogens is 393 g/mol. The van der Waals surface area contributed by atoms with Crippen LogP contribution in [0.1, 0.15) is 35.2 Å². The van der Waals surface area contributed by atoms with Crippen molar-refractivity contribution in [2.24, 2.45) is 0 Å². The van der Waals surface area contributed by atoms with Gasteiger partial charge < -0.3 is 5.32 Å². The molecule has 0 heterocycles. The largest absolute Gasteiger partial charge is 0.352 e. The minimum Gasteiger partial charge on any atom is -0.352 e. The van der Waals surface area contributed by atoms with E-state index in [0.717, 1.165) is 28.6 Å². The summed E-state index contributed by atoms with van der Waals surface area (Å²) in [5, 5.41) is 2.95. The molecule has 4 heteroatoms. The molecule has 0 aliphatic heterocycles. The van der Waals surface area contributed by atoms with Crippen molar-refractivity contribution in [3.8, 4) is 0 Å². The van der Waals surface area contributed by atoms with Gasteiger partial charge in [0.25, 0.3) is 5.91 Å². The molecule has 17 heavy (non-hydrogen) atoms. The lowest BCUT2D eigenvalue weighted by molar-refractivity contribution is 0.0953. The summed E-state index contributed by atoms with van der Waals surface area (Å²) < 4.78 is 2.14. The monoisotopic (exact) mass is 409 g/mol. The van der Waals surface area contributed by atoms with Crippen LogP contribution in [0.15, 0.2) is 22.7 Å². The fraction of sp³-hybridized carbons (Fsp3) is 0.462. The summed E-state index contributed by atoms with van der Waals surface area (Å²) in [5.74, 6) is 0.0175. The Labute approximate surface area is 125 Å². The summed E-state index contributed by atoms with van der Waals surface area (Å²) in [6.45, 7) is 2.75. The Balaban J connectivity index is 2.41. The van der Waals surface area contributed by atoms with Crippen LogP contribution in [0.2, 0.25) is 0 Å². The van der Waals surface area contributed by atoms with E-state index in [2.05, 4.69) is 43.8 Å². The van der Waals surface area contributed by atoms with Gasteiger partial charge in [-0.1, -0.05) is 44.9 Å². The Morgan fingerprint density at radius 2 is 2.06 bits per heavy atom. The molecule has 0 aliphatic rings. The Morgan fingerprint density at radius 1 is 1.29 bits per heavy atom. The molecule has 0 saturated heterocycles. The van der Waals surface area contributed by atoms with Crippen LogP contribution >= 0.6 is 38.5 Å². The van der Waals surface area contributed by atoms with E-state index < -0.39 is 0 Å². The smallest absolute Gasteiger partial charge is 0.251 e. The molecule has 2 nitrogen and oxygen atoms in total. The first-order chi connectivity index (χ1) is 8.13. The van der Waals surface area contributed by atoms with E-state index in [0.29, 0.717) is 0 Å². The average Bonchev–Trinajstić information content (AvgIpc) is 2.27. The molecule has 0 atom stereocenters. The van der Waals surface area contributed by atoms with Gasteiger partial charge >= 0.3 is 0 Å². The van der Waals surface area contributed by atoms with Crippen molar-refractivity contribution >= 4 is 44.4 Å². The second-order valence-electron chi connectivity index (χ2n) is 4.02. The molecule has 0 saturated carbocycles. The number of benzene rings is 1. The zero-order valence-corrected chi connectivity index (χ0v) is 13.7. The van der Waals surface area contributed by atoms with Crippen molar-refractivity contribution < 1.29 is 4.79 Å². The van der Waals surface area contributed by atoms with Crippen molar-refractivity contribution in [1.29, 1.82) is 0 Å². The van der Waals surface area contributed by atoms with Crippen LogP contribution in [0.4, 0.5) is 0 Å². The van der Waals surface area contributed by atoms with E-state index >= 15 is 0 Å². The number of rotatable bonds is 6. The number of hydrogen-bond donors (Lipinski definition) is 1.